The average molecular weight is 508 g/mol. The van der Waals surface area contributed by atoms with Gasteiger partial charge in [0.2, 0.25) is 5.91 Å². The van der Waals surface area contributed by atoms with Crippen LogP contribution in [0.15, 0.2) is 53.6 Å². The average Bonchev–Trinajstić information content (AvgIpc) is 2.85. The molecule has 2 aromatic rings. The lowest BCUT2D eigenvalue weighted by Gasteiger charge is -2.26. The van der Waals surface area contributed by atoms with Gasteiger partial charge in [0.1, 0.15) is 23.6 Å². The lowest BCUT2D eigenvalue weighted by atomic mass is 9.90. The highest BCUT2D eigenvalue weighted by Crippen LogP contribution is 2.35. The van der Waals surface area contributed by atoms with Gasteiger partial charge in [0.05, 0.1) is 17.8 Å². The van der Waals surface area contributed by atoms with Gasteiger partial charge < -0.3 is 9.47 Å². The molecular weight excluding hydrogens is 484 g/mol. The lowest BCUT2D eigenvalue weighted by molar-refractivity contribution is -0.144. The molecule has 0 aromatic heterocycles. The predicted octanol–water partition coefficient (Wildman–Crippen LogP) is 5.76. The van der Waals surface area contributed by atoms with Crippen LogP contribution < -0.4 is 9.64 Å². The molecule has 0 radical (unpaired) electrons. The Balaban J connectivity index is 2.00. The molecule has 0 N–H and O–H groups in total. The second-order valence-corrected chi connectivity index (χ2v) is 8.40. The van der Waals surface area contributed by atoms with Crippen molar-refractivity contribution in [2.45, 2.75) is 38.7 Å². The largest absolute Gasteiger partial charge is 0.495 e. The first-order valence-electron chi connectivity index (χ1n) is 10.7. The van der Waals surface area contributed by atoms with Gasteiger partial charge >= 0.3 is 5.97 Å². The molecule has 1 aliphatic carbocycles. The predicted molar refractivity (Wildman–Crippen MR) is 128 cm³/mol. The first kappa shape index (κ1) is 25.7. The van der Waals surface area contributed by atoms with E-state index in [-0.39, 0.29) is 34.0 Å². The minimum atomic E-state index is -0.907. The molecule has 34 heavy (non-hydrogen) atoms. The summed E-state index contributed by atoms with van der Waals surface area (Å²) in [7, 11) is 1.32. The Bertz CT molecular complexity index is 1120. The van der Waals surface area contributed by atoms with E-state index in [2.05, 4.69) is 0 Å². The number of amides is 2. The van der Waals surface area contributed by atoms with Crippen LogP contribution >= 0.6 is 23.2 Å². The van der Waals surface area contributed by atoms with Crippen molar-refractivity contribution in [3.05, 3.63) is 70.0 Å². The molecule has 6 nitrogen and oxygen atoms in total. The summed E-state index contributed by atoms with van der Waals surface area (Å²) in [6, 6.07) is 11.3. The Labute approximate surface area is 207 Å². The van der Waals surface area contributed by atoms with Crippen molar-refractivity contribution in [2.24, 2.45) is 0 Å². The van der Waals surface area contributed by atoms with E-state index in [1.807, 2.05) is 30.3 Å². The van der Waals surface area contributed by atoms with Crippen molar-refractivity contribution in [3.8, 4) is 5.75 Å². The molecule has 180 valence electrons. The standard InChI is InChI=1S/C25H24Cl2FNO5/c1-15(16-8-4-3-5-9-16)34-25(32)18-11-7-6-10-17(18)24(31)29(23(30)14-26)21-13-22(33-2)19(27)12-20(21)28/h3-5,8-9,12-13,15H,6-7,10-11,14H2,1-2H3. The zero-order valence-electron chi connectivity index (χ0n) is 18.8. The summed E-state index contributed by atoms with van der Waals surface area (Å²) in [5.41, 5.74) is 0.714. The van der Waals surface area contributed by atoms with E-state index in [1.165, 1.54) is 7.11 Å². The summed E-state index contributed by atoms with van der Waals surface area (Å²) in [5.74, 6) is -3.73. The van der Waals surface area contributed by atoms with Crippen LogP contribution in [0, 0.1) is 5.82 Å². The number of anilines is 1. The van der Waals surface area contributed by atoms with Crippen LogP contribution in [0.3, 0.4) is 0 Å². The van der Waals surface area contributed by atoms with Crippen molar-refractivity contribution in [1.82, 2.24) is 0 Å². The molecule has 0 fully saturated rings. The van der Waals surface area contributed by atoms with Gasteiger partial charge in [-0.15, -0.1) is 11.6 Å². The highest BCUT2D eigenvalue weighted by Gasteiger charge is 2.34. The minimum Gasteiger partial charge on any atom is -0.495 e. The highest BCUT2D eigenvalue weighted by atomic mass is 35.5. The summed E-state index contributed by atoms with van der Waals surface area (Å²) in [6.07, 6.45) is 1.30. The van der Waals surface area contributed by atoms with Crippen molar-refractivity contribution < 1.29 is 28.2 Å². The molecule has 1 atom stereocenters. The molecule has 0 aliphatic heterocycles. The van der Waals surface area contributed by atoms with Gasteiger partial charge in [-0.2, -0.15) is 0 Å². The Morgan fingerprint density at radius 1 is 1.09 bits per heavy atom. The number of benzene rings is 2. The van der Waals surface area contributed by atoms with Crippen LogP contribution in [0.25, 0.3) is 0 Å². The van der Waals surface area contributed by atoms with E-state index in [9.17, 15) is 18.8 Å². The van der Waals surface area contributed by atoms with Gasteiger partial charge in [-0.1, -0.05) is 41.9 Å². The number of imide groups is 1. The molecule has 2 aromatic carbocycles. The monoisotopic (exact) mass is 507 g/mol. The molecule has 0 heterocycles. The number of halogens is 3. The summed E-state index contributed by atoms with van der Waals surface area (Å²) in [6.45, 7) is 1.73. The third kappa shape index (κ3) is 5.59. The summed E-state index contributed by atoms with van der Waals surface area (Å²) < 4.78 is 25.5. The number of nitrogens with zero attached hydrogens (tertiary/aromatic N) is 1. The lowest BCUT2D eigenvalue weighted by Crippen LogP contribution is -2.40. The van der Waals surface area contributed by atoms with Crippen molar-refractivity contribution >= 4 is 46.7 Å². The highest BCUT2D eigenvalue weighted by molar-refractivity contribution is 6.35. The molecule has 0 saturated heterocycles. The molecule has 1 unspecified atom stereocenters. The third-order valence-corrected chi connectivity index (χ3v) is 6.08. The van der Waals surface area contributed by atoms with E-state index in [4.69, 9.17) is 32.7 Å². The van der Waals surface area contributed by atoms with Gasteiger partial charge in [-0.25, -0.2) is 14.1 Å². The maximum atomic E-state index is 14.8. The number of esters is 1. The fourth-order valence-corrected chi connectivity index (χ4v) is 4.14. The fourth-order valence-electron chi connectivity index (χ4n) is 3.79. The Kier molecular flexibility index (Phi) is 8.69. The molecule has 1 aliphatic rings. The second kappa shape index (κ2) is 11.5. The number of carbonyl (C=O) groups is 3. The minimum absolute atomic E-state index is 0.0227. The number of ether oxygens (including phenoxy) is 2. The Hall–Kier alpha value is -2.90. The molecule has 0 spiro atoms. The SMILES string of the molecule is COc1cc(N(C(=O)CCl)C(=O)C2=C(C(=O)OC(C)c3ccccc3)CCCC2)c(F)cc1Cl. The van der Waals surface area contributed by atoms with E-state index >= 15 is 0 Å². The number of alkyl halides is 1. The first-order chi connectivity index (χ1) is 16.3. The Morgan fingerprint density at radius 2 is 1.74 bits per heavy atom. The number of methoxy groups -OCH3 is 1. The van der Waals surface area contributed by atoms with Gasteiger partial charge in [-0.3, -0.25) is 9.59 Å². The van der Waals surface area contributed by atoms with Crippen molar-refractivity contribution in [1.29, 1.82) is 0 Å². The molecule has 2 amide bonds. The van der Waals surface area contributed by atoms with E-state index in [0.717, 1.165) is 17.7 Å². The van der Waals surface area contributed by atoms with Crippen LogP contribution in [0.2, 0.25) is 5.02 Å². The quantitative estimate of drug-likeness (QED) is 0.351. The van der Waals surface area contributed by atoms with Crippen LogP contribution in [0.5, 0.6) is 5.75 Å². The second-order valence-electron chi connectivity index (χ2n) is 7.73. The molecule has 9 heteroatoms. The smallest absolute Gasteiger partial charge is 0.335 e. The Morgan fingerprint density at radius 3 is 2.35 bits per heavy atom. The summed E-state index contributed by atoms with van der Waals surface area (Å²) in [4.78, 5) is 39.9. The first-order valence-corrected chi connectivity index (χ1v) is 11.6. The van der Waals surface area contributed by atoms with Crippen LogP contribution in [0.4, 0.5) is 10.1 Å². The van der Waals surface area contributed by atoms with E-state index < -0.39 is 35.6 Å². The molecular formula is C25H24Cl2FNO5. The maximum absolute atomic E-state index is 14.8. The van der Waals surface area contributed by atoms with Gasteiger partial charge in [0.15, 0.2) is 0 Å². The zero-order chi connectivity index (χ0) is 24.8. The number of hydrogen-bond acceptors (Lipinski definition) is 5. The van der Waals surface area contributed by atoms with Gasteiger partial charge in [0.25, 0.3) is 5.91 Å². The summed E-state index contributed by atoms with van der Waals surface area (Å²) in [5, 5.41) is -0.0227. The zero-order valence-corrected chi connectivity index (χ0v) is 20.3. The van der Waals surface area contributed by atoms with Crippen LogP contribution in [-0.2, 0) is 19.1 Å². The maximum Gasteiger partial charge on any atom is 0.335 e. The number of carbonyl (C=O) groups excluding carboxylic acids is 3. The topological polar surface area (TPSA) is 72.9 Å². The van der Waals surface area contributed by atoms with Crippen LogP contribution in [0.1, 0.15) is 44.3 Å². The normalized spacial score (nSPS) is 14.4. The fraction of sp³-hybridized carbons (Fsp3) is 0.320. The van der Waals surface area contributed by atoms with Crippen LogP contribution in [-0.4, -0.2) is 30.8 Å². The molecule has 3 rings (SSSR count). The van der Waals surface area contributed by atoms with Gasteiger partial charge in [-0.05, 0) is 44.2 Å². The molecule has 0 saturated carbocycles. The molecule has 0 bridgehead atoms. The van der Waals surface area contributed by atoms with Crippen molar-refractivity contribution in [3.63, 3.8) is 0 Å². The number of hydrogen-bond donors (Lipinski definition) is 0. The van der Waals surface area contributed by atoms with E-state index in [0.29, 0.717) is 24.2 Å². The van der Waals surface area contributed by atoms with Gasteiger partial charge in [0, 0.05) is 17.2 Å². The van der Waals surface area contributed by atoms with Crippen molar-refractivity contribution in [2.75, 3.05) is 17.9 Å². The third-order valence-electron chi connectivity index (χ3n) is 5.55. The van der Waals surface area contributed by atoms with E-state index in [1.54, 1.807) is 6.92 Å². The summed E-state index contributed by atoms with van der Waals surface area (Å²) >= 11 is 11.7. The number of rotatable bonds is 7.